The first kappa shape index (κ1) is 24.4. The number of halogens is 4. The quantitative estimate of drug-likeness (QED) is 0.381. The Kier molecular flexibility index (Phi) is 7.84. The second-order valence-electron chi connectivity index (χ2n) is 7.34. The van der Waals surface area contributed by atoms with Gasteiger partial charge in [0.15, 0.2) is 0 Å². The van der Waals surface area contributed by atoms with Crippen LogP contribution >= 0.6 is 0 Å². The second kappa shape index (κ2) is 10.6. The fourth-order valence-electron chi connectivity index (χ4n) is 3.85. The van der Waals surface area contributed by atoms with Gasteiger partial charge in [0.1, 0.15) is 11.5 Å². The molecule has 3 nitrogen and oxygen atoms in total. The van der Waals surface area contributed by atoms with Gasteiger partial charge in [0, 0.05) is 5.69 Å². The highest BCUT2D eigenvalue weighted by Crippen LogP contribution is 2.39. The molecule has 0 aromatic heterocycles. The minimum Gasteiger partial charge on any atom is -0.497 e. The van der Waals surface area contributed by atoms with Crippen LogP contribution in [-0.2, 0) is 6.42 Å². The first-order valence-corrected chi connectivity index (χ1v) is 10.8. The average Bonchev–Trinajstić information content (AvgIpc) is 2.84. The fraction of sp³-hybridized carbons (Fsp3) is 0.308. The largest absolute Gasteiger partial charge is 0.497 e. The van der Waals surface area contributed by atoms with Gasteiger partial charge in [-0.1, -0.05) is 50.2 Å². The Bertz CT molecular complexity index is 1070. The summed E-state index contributed by atoms with van der Waals surface area (Å²) in [7, 11) is 1.63. The van der Waals surface area contributed by atoms with Crippen molar-refractivity contribution in [2.75, 3.05) is 12.4 Å². The third-order valence-corrected chi connectivity index (χ3v) is 5.34. The van der Waals surface area contributed by atoms with Gasteiger partial charge < -0.3 is 14.8 Å². The van der Waals surface area contributed by atoms with Crippen molar-refractivity contribution in [2.24, 2.45) is 0 Å². The Morgan fingerprint density at radius 1 is 0.939 bits per heavy atom. The van der Waals surface area contributed by atoms with Crippen LogP contribution in [0.15, 0.2) is 66.7 Å². The van der Waals surface area contributed by atoms with Gasteiger partial charge in [0.2, 0.25) is 0 Å². The molecular weight excluding hydrogens is 434 g/mol. The van der Waals surface area contributed by atoms with Crippen molar-refractivity contribution in [3.05, 3.63) is 77.9 Å². The van der Waals surface area contributed by atoms with Gasteiger partial charge in [-0.15, -0.1) is 0 Å². The van der Waals surface area contributed by atoms with Gasteiger partial charge in [-0.3, -0.25) is 0 Å². The van der Waals surface area contributed by atoms with Gasteiger partial charge in [0.05, 0.1) is 13.2 Å². The van der Waals surface area contributed by atoms with Crippen molar-refractivity contribution >= 4 is 5.69 Å². The lowest BCUT2D eigenvalue weighted by Crippen LogP contribution is -2.33. The molecule has 7 heteroatoms. The van der Waals surface area contributed by atoms with E-state index in [9.17, 15) is 17.6 Å². The Balaban J connectivity index is 0.00000149. The molecule has 0 aliphatic carbocycles. The molecule has 1 aliphatic rings. The number of hydrogen-bond donors (Lipinski definition) is 1. The van der Waals surface area contributed by atoms with E-state index in [2.05, 4.69) is 16.1 Å². The minimum absolute atomic E-state index is 0.156. The van der Waals surface area contributed by atoms with Crippen molar-refractivity contribution in [1.29, 1.82) is 0 Å². The van der Waals surface area contributed by atoms with Gasteiger partial charge in [-0.05, 0) is 65.4 Å². The summed E-state index contributed by atoms with van der Waals surface area (Å²) in [4.78, 5) is 0. The fourth-order valence-corrected chi connectivity index (χ4v) is 3.85. The monoisotopic (exact) mass is 461 g/mol. The molecule has 1 aliphatic heterocycles. The highest BCUT2D eigenvalue weighted by molar-refractivity contribution is 5.76. The van der Waals surface area contributed by atoms with Gasteiger partial charge in [0.25, 0.3) is 0 Å². The molecule has 1 unspecified atom stereocenters. The van der Waals surface area contributed by atoms with E-state index in [4.69, 9.17) is 4.74 Å². The number of rotatable bonds is 6. The molecule has 33 heavy (non-hydrogen) atoms. The van der Waals surface area contributed by atoms with Gasteiger partial charge in [-0.2, -0.15) is 17.6 Å². The van der Waals surface area contributed by atoms with Crippen LogP contribution in [0.25, 0.3) is 11.1 Å². The number of benzene rings is 3. The predicted octanol–water partition coefficient (Wildman–Crippen LogP) is 7.72. The number of ether oxygens (including phenoxy) is 2. The predicted molar refractivity (Wildman–Crippen MR) is 122 cm³/mol. The molecule has 1 N–H and O–H groups in total. The van der Waals surface area contributed by atoms with Crippen LogP contribution in [0.5, 0.6) is 11.5 Å². The third kappa shape index (κ3) is 5.59. The molecule has 0 saturated carbocycles. The molecule has 0 bridgehead atoms. The molecule has 1 atom stereocenters. The molecule has 1 heterocycles. The van der Waals surface area contributed by atoms with E-state index in [-0.39, 0.29) is 11.8 Å². The maximum absolute atomic E-state index is 13.3. The molecule has 4 rings (SSSR count). The van der Waals surface area contributed by atoms with E-state index >= 15 is 0 Å². The molecule has 0 spiro atoms. The second-order valence-corrected chi connectivity index (χ2v) is 7.34. The summed E-state index contributed by atoms with van der Waals surface area (Å²) in [6.45, 7) is 4.00. The third-order valence-electron chi connectivity index (χ3n) is 5.34. The number of anilines is 1. The van der Waals surface area contributed by atoms with Crippen LogP contribution in [0.3, 0.4) is 0 Å². The molecule has 0 radical (unpaired) electrons. The van der Waals surface area contributed by atoms with Crippen molar-refractivity contribution < 1.29 is 27.0 Å². The Hall–Kier alpha value is -3.22. The van der Waals surface area contributed by atoms with Gasteiger partial charge in [-0.25, -0.2) is 0 Å². The molecule has 0 amide bonds. The zero-order valence-electron chi connectivity index (χ0n) is 18.7. The lowest BCUT2D eigenvalue weighted by molar-refractivity contribution is -0.253. The smallest absolute Gasteiger partial charge is 0.461 e. The standard InChI is InChI=1S/C24H21F4NO2.C2H6/c1-30-17-7-2-5-15(13-17)19-9-4-10-22-20(19)11-12-21(29-22)16-6-3-8-18(14-16)31-24(27,28)23(25)26;1-2/h2-10,13-14,21,23,29H,11-12H2,1H3;1-2H3. The average molecular weight is 461 g/mol. The maximum atomic E-state index is 13.3. The van der Waals surface area contributed by atoms with Crippen molar-refractivity contribution in [3.8, 4) is 22.6 Å². The Morgan fingerprint density at radius 3 is 2.36 bits per heavy atom. The summed E-state index contributed by atoms with van der Waals surface area (Å²) >= 11 is 0. The zero-order chi connectivity index (χ0) is 24.0. The van der Waals surface area contributed by atoms with E-state index < -0.39 is 12.5 Å². The molecule has 3 aromatic rings. The van der Waals surface area contributed by atoms with E-state index in [0.717, 1.165) is 34.5 Å². The summed E-state index contributed by atoms with van der Waals surface area (Å²) in [5.74, 6) is 0.481. The van der Waals surface area contributed by atoms with Crippen LogP contribution in [0.2, 0.25) is 0 Å². The lowest BCUT2D eigenvalue weighted by atomic mass is 9.88. The highest BCUT2D eigenvalue weighted by atomic mass is 19.3. The Labute approximate surface area is 191 Å². The van der Waals surface area contributed by atoms with Crippen LogP contribution in [-0.4, -0.2) is 19.6 Å². The number of nitrogens with one attached hydrogen (secondary N) is 1. The van der Waals surface area contributed by atoms with E-state index in [1.54, 1.807) is 13.2 Å². The van der Waals surface area contributed by atoms with Crippen LogP contribution in [0.4, 0.5) is 23.2 Å². The maximum Gasteiger partial charge on any atom is 0.461 e. The highest BCUT2D eigenvalue weighted by Gasteiger charge is 2.44. The molecular formula is C26H27F4NO2. The topological polar surface area (TPSA) is 30.5 Å². The molecule has 176 valence electrons. The van der Waals surface area contributed by atoms with E-state index in [0.29, 0.717) is 12.0 Å². The number of fused-ring (bicyclic) bond motifs is 1. The summed E-state index contributed by atoms with van der Waals surface area (Å²) in [6.07, 6.45) is -6.95. The number of alkyl halides is 4. The van der Waals surface area contributed by atoms with Crippen molar-refractivity contribution in [3.63, 3.8) is 0 Å². The van der Waals surface area contributed by atoms with Crippen molar-refractivity contribution in [1.82, 2.24) is 0 Å². The van der Waals surface area contributed by atoms with Crippen LogP contribution < -0.4 is 14.8 Å². The number of methoxy groups -OCH3 is 1. The van der Waals surface area contributed by atoms with Gasteiger partial charge >= 0.3 is 12.5 Å². The molecule has 0 saturated heterocycles. The van der Waals surface area contributed by atoms with Crippen molar-refractivity contribution in [2.45, 2.75) is 45.3 Å². The summed E-state index contributed by atoms with van der Waals surface area (Å²) in [6, 6.07) is 19.6. The first-order chi connectivity index (χ1) is 15.9. The SMILES string of the molecule is CC.COc1cccc(-c2cccc3c2CCC(c2cccc(OC(F)(F)C(F)F)c2)N3)c1. The number of hydrogen-bond acceptors (Lipinski definition) is 3. The van der Waals surface area contributed by atoms with E-state index in [1.807, 2.05) is 50.2 Å². The minimum atomic E-state index is -4.53. The lowest BCUT2D eigenvalue weighted by Gasteiger charge is -2.29. The first-order valence-electron chi connectivity index (χ1n) is 10.8. The molecule has 3 aromatic carbocycles. The van der Waals surface area contributed by atoms with E-state index in [1.165, 1.54) is 18.2 Å². The van der Waals surface area contributed by atoms with Crippen LogP contribution in [0.1, 0.15) is 37.4 Å². The molecule has 0 fully saturated rings. The summed E-state index contributed by atoms with van der Waals surface area (Å²) in [5, 5.41) is 3.44. The Morgan fingerprint density at radius 2 is 1.64 bits per heavy atom. The van der Waals surface area contributed by atoms with Crippen LogP contribution in [0, 0.1) is 0 Å². The zero-order valence-corrected chi connectivity index (χ0v) is 18.7. The summed E-state index contributed by atoms with van der Waals surface area (Å²) < 4.78 is 61.0. The normalized spacial score (nSPS) is 15.1. The summed E-state index contributed by atoms with van der Waals surface area (Å²) in [5.41, 5.74) is 4.93.